The van der Waals surface area contributed by atoms with Gasteiger partial charge in [0.15, 0.2) is 0 Å². The van der Waals surface area contributed by atoms with Crippen LogP contribution in [0.25, 0.3) is 0 Å². The van der Waals surface area contributed by atoms with Crippen molar-refractivity contribution >= 4 is 23.0 Å². The van der Waals surface area contributed by atoms with Crippen LogP contribution in [-0.4, -0.2) is 13.9 Å². The van der Waals surface area contributed by atoms with Crippen LogP contribution < -0.4 is 0 Å². The van der Waals surface area contributed by atoms with E-state index in [0.717, 1.165) is 0 Å². The topological polar surface area (TPSA) is 66.8 Å². The van der Waals surface area contributed by atoms with E-state index in [1.807, 2.05) is 0 Å². The van der Waals surface area contributed by atoms with Crippen LogP contribution in [0.3, 0.4) is 0 Å². The fourth-order valence-corrected chi connectivity index (χ4v) is 1.77. The summed E-state index contributed by atoms with van der Waals surface area (Å²) in [4.78, 5) is 0. The predicted molar refractivity (Wildman–Crippen MR) is 53.4 cm³/mol. The molecule has 0 saturated carbocycles. The number of hydrogen-bond acceptors (Lipinski definition) is 3. The predicted octanol–water partition coefficient (Wildman–Crippen LogP) is 2.26. The van der Waals surface area contributed by atoms with Crippen molar-refractivity contribution in [3.63, 3.8) is 0 Å². The minimum Gasteiger partial charge on any atom is -0.508 e. The van der Waals surface area contributed by atoms with E-state index in [1.165, 1.54) is 13.0 Å². The van der Waals surface area contributed by atoms with Gasteiger partial charge in [-0.1, -0.05) is 17.7 Å². The van der Waals surface area contributed by atoms with Gasteiger partial charge in [-0.15, -0.1) is 0 Å². The molecule has 14 heavy (non-hydrogen) atoms. The minimum absolute atomic E-state index is 0.0598. The van der Waals surface area contributed by atoms with Crippen molar-refractivity contribution in [3.05, 3.63) is 28.8 Å². The number of aromatic hydroxyl groups is 1. The third kappa shape index (κ3) is 2.68. The first kappa shape index (κ1) is 11.5. The average Bonchev–Trinajstić information content (AvgIpc) is 2.01. The number of rotatable bonds is 3. The fraction of sp³-hybridized carbons (Fsp3) is 0.250. The van der Waals surface area contributed by atoms with Gasteiger partial charge in [-0.05, 0) is 19.1 Å². The molecule has 0 fully saturated rings. The van der Waals surface area contributed by atoms with E-state index in [2.05, 4.69) is 4.18 Å². The number of phenols is 1. The Morgan fingerprint density at radius 2 is 2.21 bits per heavy atom. The summed E-state index contributed by atoms with van der Waals surface area (Å²) < 4.78 is 23.4. The van der Waals surface area contributed by atoms with Gasteiger partial charge in [0, 0.05) is 5.56 Å². The second kappa shape index (κ2) is 4.75. The van der Waals surface area contributed by atoms with E-state index in [0.29, 0.717) is 10.6 Å². The number of hydrogen-bond donors (Lipinski definition) is 2. The first-order valence-electron chi connectivity index (χ1n) is 3.77. The fourth-order valence-electron chi connectivity index (χ4n) is 1.10. The summed E-state index contributed by atoms with van der Waals surface area (Å²) in [6, 6.07) is 4.57. The van der Waals surface area contributed by atoms with Crippen LogP contribution in [0.15, 0.2) is 18.2 Å². The normalized spacial score (nSPS) is 15.1. The molecular formula is C8H9ClO4S. The molecule has 0 aliphatic rings. The van der Waals surface area contributed by atoms with Crippen molar-refractivity contribution in [2.75, 3.05) is 0 Å². The molecule has 0 bridgehead atoms. The third-order valence-electron chi connectivity index (χ3n) is 1.66. The largest absolute Gasteiger partial charge is 0.508 e. The summed E-state index contributed by atoms with van der Waals surface area (Å²) in [5, 5.41) is 9.72. The van der Waals surface area contributed by atoms with Crippen molar-refractivity contribution < 1.29 is 18.1 Å². The molecule has 4 nitrogen and oxygen atoms in total. The molecule has 2 N–H and O–H groups in total. The lowest BCUT2D eigenvalue weighted by atomic mass is 10.1. The molecule has 0 aliphatic carbocycles. The molecule has 1 aromatic rings. The molecule has 0 heterocycles. The molecule has 6 heteroatoms. The van der Waals surface area contributed by atoms with Crippen molar-refractivity contribution in [2.24, 2.45) is 0 Å². The van der Waals surface area contributed by atoms with Crippen LogP contribution in [0.5, 0.6) is 5.75 Å². The maximum absolute atomic E-state index is 10.4. The van der Waals surface area contributed by atoms with E-state index in [4.69, 9.17) is 16.2 Å². The molecule has 0 aromatic heterocycles. The Balaban J connectivity index is 2.99. The summed E-state index contributed by atoms with van der Waals surface area (Å²) in [6.45, 7) is 1.52. The van der Waals surface area contributed by atoms with Crippen LogP contribution in [0.2, 0.25) is 5.02 Å². The van der Waals surface area contributed by atoms with E-state index in [-0.39, 0.29) is 5.75 Å². The Morgan fingerprint density at radius 3 is 2.71 bits per heavy atom. The summed E-state index contributed by atoms with van der Waals surface area (Å²) in [7, 11) is 0. The van der Waals surface area contributed by atoms with Crippen molar-refractivity contribution in [1.82, 2.24) is 0 Å². The van der Waals surface area contributed by atoms with Gasteiger partial charge in [0.05, 0.1) is 5.02 Å². The standard InChI is InChI=1S/C8H9ClO4S/c1-5(13-14(11)12)8-6(9)3-2-4-7(8)10/h2-5,10H,1H3,(H,11,12). The Hall–Kier alpha value is -0.620. The molecule has 0 radical (unpaired) electrons. The molecule has 2 atom stereocenters. The Labute approximate surface area is 89.0 Å². The van der Waals surface area contributed by atoms with Crippen LogP contribution in [0.1, 0.15) is 18.6 Å². The van der Waals surface area contributed by atoms with Gasteiger partial charge in [0.2, 0.25) is 0 Å². The van der Waals surface area contributed by atoms with E-state index in [9.17, 15) is 9.32 Å². The van der Waals surface area contributed by atoms with Crippen molar-refractivity contribution in [2.45, 2.75) is 13.0 Å². The molecule has 0 amide bonds. The second-order valence-electron chi connectivity index (χ2n) is 2.63. The van der Waals surface area contributed by atoms with Crippen molar-refractivity contribution in [1.29, 1.82) is 0 Å². The van der Waals surface area contributed by atoms with Gasteiger partial charge in [-0.25, -0.2) is 0 Å². The molecule has 2 unspecified atom stereocenters. The molecule has 0 saturated heterocycles. The first-order chi connectivity index (χ1) is 6.52. The van der Waals surface area contributed by atoms with Crippen molar-refractivity contribution in [3.8, 4) is 5.75 Å². The molecule has 78 valence electrons. The zero-order valence-electron chi connectivity index (χ0n) is 7.31. The zero-order valence-corrected chi connectivity index (χ0v) is 8.88. The molecule has 0 spiro atoms. The highest BCUT2D eigenvalue weighted by Gasteiger charge is 2.16. The van der Waals surface area contributed by atoms with Gasteiger partial charge in [-0.2, -0.15) is 4.21 Å². The SMILES string of the molecule is CC(OS(=O)O)c1c(O)cccc1Cl. The zero-order chi connectivity index (χ0) is 10.7. The van der Waals surface area contributed by atoms with Gasteiger partial charge in [0.25, 0.3) is 0 Å². The molecular weight excluding hydrogens is 228 g/mol. The van der Waals surface area contributed by atoms with Gasteiger partial charge in [0.1, 0.15) is 11.9 Å². The Kier molecular flexibility index (Phi) is 3.88. The van der Waals surface area contributed by atoms with E-state index < -0.39 is 17.5 Å². The number of halogens is 1. The molecule has 0 aliphatic heterocycles. The molecule has 1 rings (SSSR count). The van der Waals surface area contributed by atoms with E-state index in [1.54, 1.807) is 12.1 Å². The van der Waals surface area contributed by atoms with Crippen LogP contribution in [-0.2, 0) is 15.5 Å². The Bertz CT molecular complexity index is 335. The lowest BCUT2D eigenvalue weighted by Crippen LogP contribution is -2.03. The summed E-state index contributed by atoms with van der Waals surface area (Å²) >= 11 is 3.40. The van der Waals surface area contributed by atoms with E-state index >= 15 is 0 Å². The summed E-state index contributed by atoms with van der Waals surface area (Å²) in [6.07, 6.45) is -0.741. The quantitative estimate of drug-likeness (QED) is 0.790. The second-order valence-corrected chi connectivity index (χ2v) is 3.66. The lowest BCUT2D eigenvalue weighted by molar-refractivity contribution is 0.223. The minimum atomic E-state index is -2.38. The Morgan fingerprint density at radius 1 is 1.57 bits per heavy atom. The first-order valence-corrected chi connectivity index (χ1v) is 5.18. The average molecular weight is 237 g/mol. The monoisotopic (exact) mass is 236 g/mol. The van der Waals surface area contributed by atoms with Gasteiger partial charge < -0.3 is 5.11 Å². The maximum Gasteiger partial charge on any atom is 0.302 e. The summed E-state index contributed by atoms with van der Waals surface area (Å²) in [5.74, 6) is -0.0598. The highest BCUT2D eigenvalue weighted by Crippen LogP contribution is 2.33. The maximum atomic E-state index is 10.4. The third-order valence-corrected chi connectivity index (χ3v) is 2.45. The molecule has 1 aromatic carbocycles. The number of phenolic OH excluding ortho intramolecular Hbond substituents is 1. The van der Waals surface area contributed by atoms with Gasteiger partial charge in [-0.3, -0.25) is 8.74 Å². The number of benzene rings is 1. The highest BCUT2D eigenvalue weighted by atomic mass is 35.5. The lowest BCUT2D eigenvalue weighted by Gasteiger charge is -2.12. The summed E-state index contributed by atoms with van der Waals surface area (Å²) in [5.41, 5.74) is 0.302. The smallest absolute Gasteiger partial charge is 0.302 e. The van der Waals surface area contributed by atoms with Crippen LogP contribution >= 0.6 is 11.6 Å². The van der Waals surface area contributed by atoms with Crippen LogP contribution in [0, 0.1) is 0 Å². The highest BCUT2D eigenvalue weighted by molar-refractivity contribution is 7.74. The van der Waals surface area contributed by atoms with Crippen LogP contribution in [0.4, 0.5) is 0 Å². The van der Waals surface area contributed by atoms with Gasteiger partial charge >= 0.3 is 11.4 Å².